The van der Waals surface area contributed by atoms with Gasteiger partial charge in [-0.25, -0.2) is 8.78 Å². The molecule has 10 nitrogen and oxygen atoms in total. The standard InChI is InChI=1S/C33H45F2N7O3/c1-18-9-25-23(13-37-40-25)27-26(18)22-10-19(22)3-7-43-16-21-15-41(6-8-44-21)31-24-12-36-30(27)28(35)29(24)38-32(39-31)45-17-33-4-2-5-42(33)14-20(34)11-33/h12,18-23,25-27,37,40H,2-11,13-17H2,1H3/t18?,19-,20-,21-,22+,23?,25?,26?,27?,33+/m1/s1. The maximum atomic E-state index is 17.2. The van der Waals surface area contributed by atoms with Crippen LogP contribution in [0.4, 0.5) is 14.6 Å². The SMILES string of the molecule is CC1CC2NNCC2C2c3ncc4c(nc(OC[C@@]56CCCN5C[C@H](F)C6)nc4c3F)N3CCO[C@@H](COCC[C@@H]4C[C@@H]4C12)C3. The van der Waals surface area contributed by atoms with Gasteiger partial charge in [-0.1, -0.05) is 6.92 Å². The minimum absolute atomic E-state index is 0.0177. The zero-order valence-corrected chi connectivity index (χ0v) is 26.1. The first kappa shape index (κ1) is 28.9. The second-order valence-corrected chi connectivity index (χ2v) is 15.0. The number of pyridine rings is 1. The molecule has 5 unspecified atom stereocenters. The van der Waals surface area contributed by atoms with E-state index in [1.54, 1.807) is 6.20 Å². The quantitative estimate of drug-likeness (QED) is 0.530. The summed E-state index contributed by atoms with van der Waals surface area (Å²) in [6, 6.07) is 0.434. The summed E-state index contributed by atoms with van der Waals surface area (Å²) < 4.78 is 50.3. The van der Waals surface area contributed by atoms with Gasteiger partial charge in [-0.15, -0.1) is 0 Å². The molecule has 12 heteroatoms. The van der Waals surface area contributed by atoms with Crippen LogP contribution in [-0.4, -0.2) is 103 Å². The molecule has 244 valence electrons. The highest BCUT2D eigenvalue weighted by atomic mass is 19.1. The van der Waals surface area contributed by atoms with Crippen LogP contribution in [0.15, 0.2) is 6.20 Å². The molecule has 2 aliphatic carbocycles. The number of hydrazine groups is 1. The minimum atomic E-state index is -0.854. The molecule has 0 amide bonds. The van der Waals surface area contributed by atoms with Crippen molar-refractivity contribution in [2.75, 3.05) is 64.1 Å². The molecule has 8 heterocycles. The molecule has 2 aromatic heterocycles. The minimum Gasteiger partial charge on any atom is -0.461 e. The van der Waals surface area contributed by atoms with Gasteiger partial charge in [0.2, 0.25) is 0 Å². The summed E-state index contributed by atoms with van der Waals surface area (Å²) in [5.41, 5.74) is 7.31. The Morgan fingerprint density at radius 3 is 3.02 bits per heavy atom. The van der Waals surface area contributed by atoms with Crippen molar-refractivity contribution in [1.29, 1.82) is 0 Å². The summed E-state index contributed by atoms with van der Waals surface area (Å²) in [7, 11) is 0. The van der Waals surface area contributed by atoms with Gasteiger partial charge < -0.3 is 19.1 Å². The Morgan fingerprint density at radius 2 is 2.09 bits per heavy atom. The van der Waals surface area contributed by atoms with Gasteiger partial charge in [0.05, 0.1) is 35.9 Å². The zero-order valence-electron chi connectivity index (χ0n) is 26.1. The molecule has 8 aliphatic rings. The third-order valence-electron chi connectivity index (χ3n) is 12.4. The van der Waals surface area contributed by atoms with Crippen LogP contribution in [0.25, 0.3) is 10.9 Å². The van der Waals surface area contributed by atoms with E-state index in [9.17, 15) is 4.39 Å². The van der Waals surface area contributed by atoms with Crippen molar-refractivity contribution in [3.05, 3.63) is 17.7 Å². The number of alkyl halides is 1. The highest BCUT2D eigenvalue weighted by Gasteiger charge is 2.55. The average Bonchev–Trinajstić information content (AvgIpc) is 3.28. The van der Waals surface area contributed by atoms with Gasteiger partial charge in [0, 0.05) is 57.4 Å². The average molecular weight is 626 g/mol. The topological polar surface area (TPSA) is 96.9 Å². The molecule has 2 N–H and O–H groups in total. The maximum absolute atomic E-state index is 17.2. The van der Waals surface area contributed by atoms with Crippen LogP contribution in [0, 0.1) is 35.4 Å². The van der Waals surface area contributed by atoms with E-state index in [0.29, 0.717) is 86.4 Å². The smallest absolute Gasteiger partial charge is 0.319 e. The van der Waals surface area contributed by atoms with E-state index in [1.807, 2.05) is 0 Å². The van der Waals surface area contributed by atoms with Gasteiger partial charge in [-0.05, 0) is 68.2 Å². The maximum Gasteiger partial charge on any atom is 0.319 e. The number of anilines is 1. The number of nitrogens with zero attached hydrogens (tertiary/aromatic N) is 5. The van der Waals surface area contributed by atoms with Crippen molar-refractivity contribution in [3.8, 4) is 6.01 Å². The molecule has 0 spiro atoms. The second kappa shape index (κ2) is 11.2. The lowest BCUT2D eigenvalue weighted by Gasteiger charge is -2.44. The Morgan fingerprint density at radius 1 is 1.16 bits per heavy atom. The fourth-order valence-corrected chi connectivity index (χ4v) is 10.2. The van der Waals surface area contributed by atoms with Gasteiger partial charge >= 0.3 is 6.01 Å². The number of hydrogen-bond donors (Lipinski definition) is 2. The Bertz CT molecular complexity index is 1450. The first-order valence-electron chi connectivity index (χ1n) is 17.3. The number of hydrogen-bond acceptors (Lipinski definition) is 10. The Kier molecular flexibility index (Phi) is 7.19. The van der Waals surface area contributed by atoms with E-state index in [1.165, 1.54) is 6.42 Å². The Balaban J connectivity index is 1.15. The number of halogens is 2. The molecular formula is C33H45F2N7O3. The van der Waals surface area contributed by atoms with Crippen molar-refractivity contribution in [2.45, 2.75) is 75.2 Å². The predicted molar refractivity (Wildman–Crippen MR) is 163 cm³/mol. The molecule has 6 fully saturated rings. The summed E-state index contributed by atoms with van der Waals surface area (Å²) in [5, 5.41) is 0.589. The molecule has 2 saturated carbocycles. The summed E-state index contributed by atoms with van der Waals surface area (Å²) >= 11 is 0. The number of ether oxygens (including phenoxy) is 3. The third kappa shape index (κ3) is 4.92. The number of aromatic nitrogens is 3. The van der Waals surface area contributed by atoms with Crippen LogP contribution >= 0.6 is 0 Å². The Hall–Kier alpha value is -2.25. The first-order valence-corrected chi connectivity index (χ1v) is 17.3. The van der Waals surface area contributed by atoms with Gasteiger partial charge in [-0.3, -0.25) is 20.7 Å². The molecule has 10 rings (SSSR count). The fraction of sp³-hybridized carbons (Fsp3) is 0.788. The summed E-state index contributed by atoms with van der Waals surface area (Å²) in [6.45, 7) is 7.70. The predicted octanol–water partition coefficient (Wildman–Crippen LogP) is 3.21. The third-order valence-corrected chi connectivity index (χ3v) is 12.4. The lowest BCUT2D eigenvalue weighted by molar-refractivity contribution is -0.0252. The molecule has 45 heavy (non-hydrogen) atoms. The van der Waals surface area contributed by atoms with E-state index in [2.05, 4.69) is 27.6 Å². The summed E-state index contributed by atoms with van der Waals surface area (Å²) in [5.74, 6) is 2.42. The van der Waals surface area contributed by atoms with Crippen molar-refractivity contribution in [3.63, 3.8) is 0 Å². The van der Waals surface area contributed by atoms with Crippen LogP contribution in [-0.2, 0) is 9.47 Å². The molecule has 6 aliphatic heterocycles. The van der Waals surface area contributed by atoms with E-state index in [4.69, 9.17) is 29.2 Å². The zero-order chi connectivity index (χ0) is 30.3. The highest BCUT2D eigenvalue weighted by molar-refractivity contribution is 5.90. The molecule has 0 aromatic carbocycles. The second-order valence-electron chi connectivity index (χ2n) is 15.0. The highest BCUT2D eigenvalue weighted by Crippen LogP contribution is 2.59. The van der Waals surface area contributed by atoms with Crippen LogP contribution in [0.3, 0.4) is 0 Å². The van der Waals surface area contributed by atoms with Crippen molar-refractivity contribution in [2.24, 2.45) is 29.6 Å². The van der Waals surface area contributed by atoms with E-state index in [0.717, 1.165) is 45.4 Å². The summed E-state index contributed by atoms with van der Waals surface area (Å²) in [6.07, 6.45) is 6.46. The molecule has 2 aromatic rings. The van der Waals surface area contributed by atoms with Crippen molar-refractivity contribution in [1.82, 2.24) is 30.7 Å². The van der Waals surface area contributed by atoms with Crippen molar-refractivity contribution < 1.29 is 23.0 Å². The van der Waals surface area contributed by atoms with Gasteiger partial charge in [-0.2, -0.15) is 9.97 Å². The van der Waals surface area contributed by atoms with Crippen LogP contribution in [0.5, 0.6) is 6.01 Å². The first-order chi connectivity index (χ1) is 22.0. The molecule has 4 saturated heterocycles. The molecular weight excluding hydrogens is 580 g/mol. The monoisotopic (exact) mass is 625 g/mol. The number of fused-ring (bicyclic) bond motifs is 6. The number of morpholine rings is 1. The van der Waals surface area contributed by atoms with Crippen molar-refractivity contribution >= 4 is 16.7 Å². The van der Waals surface area contributed by atoms with Crippen LogP contribution in [0.2, 0.25) is 0 Å². The normalized spacial score (nSPS) is 41.2. The van der Waals surface area contributed by atoms with Crippen LogP contribution < -0.4 is 20.5 Å². The van der Waals surface area contributed by atoms with Gasteiger partial charge in [0.25, 0.3) is 0 Å². The van der Waals surface area contributed by atoms with E-state index < -0.39 is 6.17 Å². The molecule has 0 radical (unpaired) electrons. The largest absolute Gasteiger partial charge is 0.461 e. The van der Waals surface area contributed by atoms with Gasteiger partial charge in [0.1, 0.15) is 24.1 Å². The van der Waals surface area contributed by atoms with Gasteiger partial charge in [0.15, 0.2) is 5.82 Å². The van der Waals surface area contributed by atoms with E-state index in [-0.39, 0.29) is 46.9 Å². The number of rotatable bonds is 3. The lowest BCUT2D eigenvalue weighted by Crippen LogP contribution is -2.45. The van der Waals surface area contributed by atoms with E-state index >= 15 is 4.39 Å². The fourth-order valence-electron chi connectivity index (χ4n) is 10.2. The summed E-state index contributed by atoms with van der Waals surface area (Å²) in [4.78, 5) is 19.0. The lowest BCUT2D eigenvalue weighted by atomic mass is 9.62. The van der Waals surface area contributed by atoms with Crippen LogP contribution in [0.1, 0.15) is 57.1 Å². The Labute approximate surface area is 262 Å². The molecule has 10 atom stereocenters. The number of nitrogens with one attached hydrogen (secondary N) is 2. The molecule has 6 bridgehead atoms.